The standard InChI is InChI=1S/C27H30ClFN4O4/c1-4-37-26(35)23-22(31(3)27(36)30-24(23)20-7-5-6-8-21(20)28)16-32-13-14-33(17(2)15-32)25(34)18-9-11-19(29)12-10-18/h5-12,17,24H,4,13-16H2,1-3H3,(H,30,36). The molecule has 2 aromatic rings. The van der Waals surface area contributed by atoms with Crippen molar-refractivity contribution < 1.29 is 23.5 Å². The molecule has 2 aromatic carbocycles. The van der Waals surface area contributed by atoms with E-state index in [1.807, 2.05) is 6.92 Å². The SMILES string of the molecule is CCOC(=O)C1=C(CN2CCN(C(=O)c3ccc(F)cc3)C(C)C2)N(C)C(=O)NC1c1ccccc1Cl. The summed E-state index contributed by atoms with van der Waals surface area (Å²) in [5.74, 6) is -1.07. The number of esters is 1. The van der Waals surface area contributed by atoms with Crippen LogP contribution in [-0.4, -0.2) is 78.5 Å². The summed E-state index contributed by atoms with van der Waals surface area (Å²) < 4.78 is 18.7. The molecule has 1 N–H and O–H groups in total. The van der Waals surface area contributed by atoms with E-state index in [0.717, 1.165) is 0 Å². The van der Waals surface area contributed by atoms with E-state index >= 15 is 0 Å². The van der Waals surface area contributed by atoms with Crippen molar-refractivity contribution >= 4 is 29.5 Å². The number of carbonyl (C=O) groups is 3. The predicted molar refractivity (Wildman–Crippen MR) is 137 cm³/mol. The monoisotopic (exact) mass is 528 g/mol. The number of carbonyl (C=O) groups excluding carboxylic acids is 3. The molecule has 0 aromatic heterocycles. The van der Waals surface area contributed by atoms with Crippen molar-refractivity contribution in [3.05, 3.63) is 81.8 Å². The number of rotatable bonds is 6. The van der Waals surface area contributed by atoms with Crippen LogP contribution in [0, 0.1) is 5.82 Å². The molecule has 2 aliphatic rings. The summed E-state index contributed by atoms with van der Waals surface area (Å²) in [6, 6.07) is 11.3. The quantitative estimate of drug-likeness (QED) is 0.576. The molecule has 4 rings (SSSR count). The molecule has 0 spiro atoms. The summed E-state index contributed by atoms with van der Waals surface area (Å²) >= 11 is 6.44. The molecule has 2 aliphatic heterocycles. The average Bonchev–Trinajstić information content (AvgIpc) is 2.87. The first kappa shape index (κ1) is 26.6. The minimum Gasteiger partial charge on any atom is -0.463 e. The lowest BCUT2D eigenvalue weighted by molar-refractivity contribution is -0.139. The van der Waals surface area contributed by atoms with Crippen molar-refractivity contribution in [2.24, 2.45) is 0 Å². The third kappa shape index (κ3) is 5.62. The summed E-state index contributed by atoms with van der Waals surface area (Å²) in [6.45, 7) is 5.67. The van der Waals surface area contributed by atoms with Crippen LogP contribution in [0.2, 0.25) is 5.02 Å². The zero-order chi connectivity index (χ0) is 26.7. The number of amides is 3. The van der Waals surface area contributed by atoms with Crippen molar-refractivity contribution in [1.29, 1.82) is 0 Å². The molecule has 0 aliphatic carbocycles. The fraction of sp³-hybridized carbons (Fsp3) is 0.370. The number of urea groups is 1. The van der Waals surface area contributed by atoms with Crippen molar-refractivity contribution in [3.63, 3.8) is 0 Å². The number of hydrogen-bond donors (Lipinski definition) is 1. The van der Waals surface area contributed by atoms with Crippen LogP contribution in [-0.2, 0) is 9.53 Å². The molecule has 8 nitrogen and oxygen atoms in total. The Kier molecular flexibility index (Phi) is 8.14. The Morgan fingerprint density at radius 3 is 2.49 bits per heavy atom. The van der Waals surface area contributed by atoms with Gasteiger partial charge in [-0.25, -0.2) is 14.0 Å². The fourth-order valence-corrected chi connectivity index (χ4v) is 5.03. The van der Waals surface area contributed by atoms with Crippen LogP contribution < -0.4 is 5.32 Å². The molecule has 0 radical (unpaired) electrons. The summed E-state index contributed by atoms with van der Waals surface area (Å²) in [5.41, 5.74) is 1.89. The Morgan fingerprint density at radius 1 is 1.14 bits per heavy atom. The van der Waals surface area contributed by atoms with Gasteiger partial charge in [0.15, 0.2) is 0 Å². The van der Waals surface area contributed by atoms with Gasteiger partial charge in [-0.2, -0.15) is 0 Å². The smallest absolute Gasteiger partial charge is 0.338 e. The molecule has 1 fully saturated rings. The second-order valence-electron chi connectivity index (χ2n) is 9.13. The largest absolute Gasteiger partial charge is 0.463 e. The molecule has 3 amide bonds. The molecule has 37 heavy (non-hydrogen) atoms. The second-order valence-corrected chi connectivity index (χ2v) is 9.54. The number of likely N-dealkylation sites (N-methyl/N-ethyl adjacent to an activating group) is 1. The van der Waals surface area contributed by atoms with Crippen LogP contribution in [0.5, 0.6) is 0 Å². The van der Waals surface area contributed by atoms with E-state index < -0.39 is 17.8 Å². The lowest BCUT2D eigenvalue weighted by atomic mass is 9.94. The van der Waals surface area contributed by atoms with Gasteiger partial charge in [0.25, 0.3) is 5.91 Å². The zero-order valence-electron chi connectivity index (χ0n) is 21.0. The first-order valence-electron chi connectivity index (χ1n) is 12.2. The van der Waals surface area contributed by atoms with E-state index in [0.29, 0.717) is 53.6 Å². The molecule has 2 heterocycles. The van der Waals surface area contributed by atoms with Gasteiger partial charge in [0.2, 0.25) is 0 Å². The minimum absolute atomic E-state index is 0.139. The Bertz CT molecular complexity index is 1220. The first-order valence-corrected chi connectivity index (χ1v) is 12.6. The van der Waals surface area contributed by atoms with Crippen molar-refractivity contribution in [1.82, 2.24) is 20.0 Å². The van der Waals surface area contributed by atoms with Gasteiger partial charge < -0.3 is 15.0 Å². The van der Waals surface area contributed by atoms with E-state index in [2.05, 4.69) is 10.2 Å². The number of ether oxygens (including phenoxy) is 1. The third-order valence-corrected chi connectivity index (χ3v) is 7.07. The molecule has 10 heteroatoms. The van der Waals surface area contributed by atoms with Gasteiger partial charge in [-0.15, -0.1) is 0 Å². The van der Waals surface area contributed by atoms with Crippen molar-refractivity contribution in [2.45, 2.75) is 25.9 Å². The van der Waals surface area contributed by atoms with E-state index in [1.165, 1.54) is 29.2 Å². The highest BCUT2D eigenvalue weighted by Gasteiger charge is 2.39. The number of piperazine rings is 1. The van der Waals surface area contributed by atoms with Crippen molar-refractivity contribution in [2.75, 3.05) is 39.8 Å². The Labute approximate surface area is 220 Å². The van der Waals surface area contributed by atoms with E-state index in [-0.39, 0.29) is 24.6 Å². The maximum atomic E-state index is 13.3. The highest BCUT2D eigenvalue weighted by atomic mass is 35.5. The molecule has 0 bridgehead atoms. The van der Waals surface area contributed by atoms with Gasteiger partial charge >= 0.3 is 12.0 Å². The summed E-state index contributed by atoms with van der Waals surface area (Å²) in [6.07, 6.45) is 0. The Hall–Kier alpha value is -3.43. The van der Waals surface area contributed by atoms with Gasteiger partial charge in [-0.1, -0.05) is 29.8 Å². The minimum atomic E-state index is -0.759. The Morgan fingerprint density at radius 2 is 1.84 bits per heavy atom. The molecule has 1 saturated heterocycles. The normalized spacial score (nSPS) is 20.6. The van der Waals surface area contributed by atoms with Gasteiger partial charge in [-0.05, 0) is 49.7 Å². The predicted octanol–water partition coefficient (Wildman–Crippen LogP) is 3.84. The van der Waals surface area contributed by atoms with Crippen LogP contribution >= 0.6 is 11.6 Å². The molecule has 2 atom stereocenters. The number of hydrogen-bond acceptors (Lipinski definition) is 5. The molecule has 196 valence electrons. The van der Waals surface area contributed by atoms with Crippen LogP contribution in [0.1, 0.15) is 35.8 Å². The highest BCUT2D eigenvalue weighted by Crippen LogP contribution is 2.35. The van der Waals surface area contributed by atoms with Crippen LogP contribution in [0.25, 0.3) is 0 Å². The summed E-state index contributed by atoms with van der Waals surface area (Å²) in [7, 11) is 1.62. The average molecular weight is 529 g/mol. The lowest BCUT2D eigenvalue weighted by Gasteiger charge is -2.42. The molecular formula is C27H30ClFN4O4. The molecular weight excluding hydrogens is 499 g/mol. The first-order chi connectivity index (χ1) is 17.7. The number of halogens is 2. The lowest BCUT2D eigenvalue weighted by Crippen LogP contribution is -2.56. The third-order valence-electron chi connectivity index (χ3n) is 6.73. The van der Waals surface area contributed by atoms with E-state index in [9.17, 15) is 18.8 Å². The Balaban J connectivity index is 1.60. The summed E-state index contributed by atoms with van der Waals surface area (Å²) in [5, 5.41) is 3.31. The molecule has 2 unspecified atom stereocenters. The number of nitrogens with one attached hydrogen (secondary N) is 1. The highest BCUT2D eigenvalue weighted by molar-refractivity contribution is 6.31. The van der Waals surface area contributed by atoms with Gasteiger partial charge in [0.1, 0.15) is 5.82 Å². The second kappa shape index (κ2) is 11.3. The number of benzene rings is 2. The number of nitrogens with zero attached hydrogens (tertiary/aromatic N) is 3. The van der Waals surface area contributed by atoms with Crippen LogP contribution in [0.3, 0.4) is 0 Å². The topological polar surface area (TPSA) is 82.2 Å². The fourth-order valence-electron chi connectivity index (χ4n) is 4.79. The van der Waals surface area contributed by atoms with Gasteiger partial charge in [-0.3, -0.25) is 14.6 Å². The van der Waals surface area contributed by atoms with Gasteiger partial charge in [0, 0.05) is 55.6 Å². The zero-order valence-corrected chi connectivity index (χ0v) is 21.8. The maximum absolute atomic E-state index is 13.3. The van der Waals surface area contributed by atoms with Gasteiger partial charge in [0.05, 0.1) is 18.2 Å². The molecule has 0 saturated carbocycles. The van der Waals surface area contributed by atoms with Crippen LogP contribution in [0.15, 0.2) is 59.8 Å². The van der Waals surface area contributed by atoms with Crippen molar-refractivity contribution in [3.8, 4) is 0 Å². The van der Waals surface area contributed by atoms with Crippen LogP contribution in [0.4, 0.5) is 9.18 Å². The van der Waals surface area contributed by atoms with E-state index in [4.69, 9.17) is 16.3 Å². The van der Waals surface area contributed by atoms with E-state index in [1.54, 1.807) is 43.1 Å². The maximum Gasteiger partial charge on any atom is 0.338 e. The summed E-state index contributed by atoms with van der Waals surface area (Å²) in [4.78, 5) is 44.4.